The Bertz CT molecular complexity index is 645. The number of thioether (sulfide) groups is 1. The first-order valence-electron chi connectivity index (χ1n) is 6.45. The maximum atomic E-state index is 12.3. The number of rotatable bonds is 4. The standard InChI is InChI=1S/C16H15ClINOS/c1-10-9-13(18)5-8-15(10)19-16(20)11(2)21-14-6-3-12(17)4-7-14/h3-9,11H,1-2H3,(H,19,20). The van der Waals surface area contributed by atoms with Gasteiger partial charge in [-0.25, -0.2) is 0 Å². The van der Waals surface area contributed by atoms with Gasteiger partial charge in [-0.15, -0.1) is 11.8 Å². The molecule has 0 radical (unpaired) electrons. The van der Waals surface area contributed by atoms with Crippen LogP contribution < -0.4 is 5.32 Å². The molecular formula is C16H15ClINOS. The summed E-state index contributed by atoms with van der Waals surface area (Å²) in [6.07, 6.45) is 0. The molecule has 0 aliphatic rings. The van der Waals surface area contributed by atoms with E-state index in [9.17, 15) is 4.79 Å². The Morgan fingerprint density at radius 3 is 2.52 bits per heavy atom. The first-order chi connectivity index (χ1) is 9.95. The highest BCUT2D eigenvalue weighted by atomic mass is 127. The summed E-state index contributed by atoms with van der Waals surface area (Å²) in [5.74, 6) is -0.000687. The summed E-state index contributed by atoms with van der Waals surface area (Å²) < 4.78 is 1.16. The maximum Gasteiger partial charge on any atom is 0.237 e. The molecule has 2 aromatic rings. The molecule has 0 aliphatic heterocycles. The van der Waals surface area contributed by atoms with Gasteiger partial charge in [-0.1, -0.05) is 11.6 Å². The van der Waals surface area contributed by atoms with Crippen LogP contribution in [-0.4, -0.2) is 11.2 Å². The molecule has 1 N–H and O–H groups in total. The van der Waals surface area contributed by atoms with Crippen LogP contribution in [0.25, 0.3) is 0 Å². The number of benzene rings is 2. The quantitative estimate of drug-likeness (QED) is 0.521. The Labute approximate surface area is 147 Å². The van der Waals surface area contributed by atoms with Gasteiger partial charge in [-0.3, -0.25) is 4.79 Å². The summed E-state index contributed by atoms with van der Waals surface area (Å²) in [7, 11) is 0. The number of hydrogen-bond acceptors (Lipinski definition) is 2. The highest BCUT2D eigenvalue weighted by molar-refractivity contribution is 14.1. The highest BCUT2D eigenvalue weighted by Gasteiger charge is 2.15. The molecule has 2 aromatic carbocycles. The Morgan fingerprint density at radius 2 is 1.90 bits per heavy atom. The summed E-state index contributed by atoms with van der Waals surface area (Å²) >= 11 is 9.63. The van der Waals surface area contributed by atoms with Crippen molar-refractivity contribution in [2.24, 2.45) is 0 Å². The molecule has 0 saturated heterocycles. The van der Waals surface area contributed by atoms with Crippen molar-refractivity contribution in [1.82, 2.24) is 0 Å². The van der Waals surface area contributed by atoms with Crippen molar-refractivity contribution in [1.29, 1.82) is 0 Å². The van der Waals surface area contributed by atoms with Crippen LogP contribution in [0.5, 0.6) is 0 Å². The number of aryl methyl sites for hydroxylation is 1. The van der Waals surface area contributed by atoms with Gasteiger partial charge in [0.25, 0.3) is 0 Å². The number of hydrogen-bond donors (Lipinski definition) is 1. The van der Waals surface area contributed by atoms with Crippen LogP contribution in [-0.2, 0) is 4.79 Å². The van der Waals surface area contributed by atoms with E-state index in [4.69, 9.17) is 11.6 Å². The van der Waals surface area contributed by atoms with Gasteiger partial charge in [0.1, 0.15) is 0 Å². The van der Waals surface area contributed by atoms with E-state index in [1.54, 1.807) is 0 Å². The highest BCUT2D eigenvalue weighted by Crippen LogP contribution is 2.26. The molecule has 0 spiro atoms. The fourth-order valence-electron chi connectivity index (χ4n) is 1.77. The predicted molar refractivity (Wildman–Crippen MR) is 99.3 cm³/mol. The fraction of sp³-hybridized carbons (Fsp3) is 0.188. The van der Waals surface area contributed by atoms with Gasteiger partial charge >= 0.3 is 0 Å². The third-order valence-electron chi connectivity index (χ3n) is 2.94. The largest absolute Gasteiger partial charge is 0.325 e. The molecule has 0 saturated carbocycles. The fourth-order valence-corrected chi connectivity index (χ4v) is 3.41. The minimum Gasteiger partial charge on any atom is -0.325 e. The van der Waals surface area contributed by atoms with Crippen molar-refractivity contribution in [3.8, 4) is 0 Å². The second-order valence-corrected chi connectivity index (χ2v) is 7.76. The molecule has 0 aromatic heterocycles. The number of halogens is 2. The van der Waals surface area contributed by atoms with Gasteiger partial charge in [-0.2, -0.15) is 0 Å². The van der Waals surface area contributed by atoms with Gasteiger partial charge in [0.15, 0.2) is 0 Å². The summed E-state index contributed by atoms with van der Waals surface area (Å²) in [5, 5.41) is 3.50. The normalized spacial score (nSPS) is 12.0. The van der Waals surface area contributed by atoms with Gasteiger partial charge in [0.05, 0.1) is 5.25 Å². The lowest BCUT2D eigenvalue weighted by molar-refractivity contribution is -0.115. The molecule has 1 amide bonds. The van der Waals surface area contributed by atoms with Crippen molar-refractivity contribution in [3.05, 3.63) is 56.6 Å². The van der Waals surface area contributed by atoms with Crippen molar-refractivity contribution in [2.45, 2.75) is 24.0 Å². The minimum absolute atomic E-state index is 0.000687. The predicted octanol–water partition coefficient (Wildman–Crippen LogP) is 5.37. The lowest BCUT2D eigenvalue weighted by Gasteiger charge is -2.13. The molecule has 0 bridgehead atoms. The summed E-state index contributed by atoms with van der Waals surface area (Å²) in [6, 6.07) is 13.5. The third kappa shape index (κ3) is 4.90. The summed E-state index contributed by atoms with van der Waals surface area (Å²) in [5.41, 5.74) is 1.93. The minimum atomic E-state index is -0.176. The number of anilines is 1. The average molecular weight is 432 g/mol. The van der Waals surface area contributed by atoms with E-state index in [0.717, 1.165) is 19.7 Å². The topological polar surface area (TPSA) is 29.1 Å². The van der Waals surface area contributed by atoms with Gasteiger partial charge in [0, 0.05) is 19.2 Å². The Hall–Kier alpha value is -0.720. The first kappa shape index (κ1) is 16.6. The molecule has 0 aliphatic carbocycles. The van der Waals surface area contributed by atoms with Crippen molar-refractivity contribution < 1.29 is 4.79 Å². The van der Waals surface area contributed by atoms with Gasteiger partial charge < -0.3 is 5.32 Å². The van der Waals surface area contributed by atoms with Crippen LogP contribution in [0, 0.1) is 10.5 Å². The zero-order valence-corrected chi connectivity index (χ0v) is 15.4. The van der Waals surface area contributed by atoms with E-state index in [1.807, 2.05) is 56.3 Å². The second-order valence-electron chi connectivity index (χ2n) is 4.66. The van der Waals surface area contributed by atoms with Crippen LogP contribution in [0.4, 0.5) is 5.69 Å². The SMILES string of the molecule is Cc1cc(I)ccc1NC(=O)C(C)Sc1ccc(Cl)cc1. The first-order valence-corrected chi connectivity index (χ1v) is 8.78. The lowest BCUT2D eigenvalue weighted by atomic mass is 10.2. The summed E-state index contributed by atoms with van der Waals surface area (Å²) in [4.78, 5) is 13.3. The van der Waals surface area contributed by atoms with Gasteiger partial charge in [-0.05, 0) is 84.5 Å². The van der Waals surface area contributed by atoms with Crippen molar-refractivity contribution in [3.63, 3.8) is 0 Å². The van der Waals surface area contributed by atoms with E-state index < -0.39 is 0 Å². The van der Waals surface area contributed by atoms with Crippen LogP contribution in [0.15, 0.2) is 47.4 Å². The van der Waals surface area contributed by atoms with Crippen LogP contribution in [0.3, 0.4) is 0 Å². The molecular weight excluding hydrogens is 417 g/mol. The third-order valence-corrected chi connectivity index (χ3v) is 4.98. The molecule has 5 heteroatoms. The number of carbonyl (C=O) groups is 1. The Morgan fingerprint density at radius 1 is 1.24 bits per heavy atom. The molecule has 2 nitrogen and oxygen atoms in total. The van der Waals surface area contributed by atoms with E-state index >= 15 is 0 Å². The molecule has 110 valence electrons. The monoisotopic (exact) mass is 431 g/mol. The zero-order chi connectivity index (χ0) is 15.4. The van der Waals surface area contributed by atoms with E-state index in [1.165, 1.54) is 11.8 Å². The van der Waals surface area contributed by atoms with Gasteiger partial charge in [0.2, 0.25) is 5.91 Å². The molecule has 1 atom stereocenters. The molecule has 21 heavy (non-hydrogen) atoms. The molecule has 1 unspecified atom stereocenters. The molecule has 0 heterocycles. The number of amides is 1. The Kier molecular flexibility index (Phi) is 5.96. The van der Waals surface area contributed by atoms with Crippen molar-refractivity contribution in [2.75, 3.05) is 5.32 Å². The van der Waals surface area contributed by atoms with E-state index in [2.05, 4.69) is 27.9 Å². The van der Waals surface area contributed by atoms with Crippen LogP contribution in [0.2, 0.25) is 5.02 Å². The van der Waals surface area contributed by atoms with E-state index in [0.29, 0.717) is 5.02 Å². The molecule has 0 fully saturated rings. The zero-order valence-electron chi connectivity index (χ0n) is 11.7. The van der Waals surface area contributed by atoms with Crippen LogP contribution in [0.1, 0.15) is 12.5 Å². The van der Waals surface area contributed by atoms with Crippen LogP contribution >= 0.6 is 46.0 Å². The van der Waals surface area contributed by atoms with E-state index in [-0.39, 0.29) is 11.2 Å². The second kappa shape index (κ2) is 7.51. The van der Waals surface area contributed by atoms with Crippen molar-refractivity contribution >= 4 is 57.5 Å². The lowest BCUT2D eigenvalue weighted by Crippen LogP contribution is -2.22. The Balaban J connectivity index is 2.00. The number of nitrogens with one attached hydrogen (secondary N) is 1. The number of carbonyl (C=O) groups excluding carboxylic acids is 1. The smallest absolute Gasteiger partial charge is 0.237 e. The average Bonchev–Trinajstić information content (AvgIpc) is 2.44. The summed E-state index contributed by atoms with van der Waals surface area (Å²) in [6.45, 7) is 3.89. The molecule has 2 rings (SSSR count). The maximum absolute atomic E-state index is 12.3.